The molecule has 1 rings (SSSR count). The Morgan fingerprint density at radius 2 is 2.12 bits per heavy atom. The molecule has 6 heteroatoms. The van der Waals surface area contributed by atoms with Gasteiger partial charge in [-0.2, -0.15) is 0 Å². The van der Waals surface area contributed by atoms with Gasteiger partial charge < -0.3 is 10.0 Å². The number of amides is 1. The minimum atomic E-state index is -1.09. The van der Waals surface area contributed by atoms with Crippen molar-refractivity contribution in [3.63, 3.8) is 0 Å². The number of carbonyl (C=O) groups is 2. The lowest BCUT2D eigenvalue weighted by atomic mass is 10.1. The van der Waals surface area contributed by atoms with Crippen molar-refractivity contribution in [2.45, 2.75) is 6.42 Å². The highest BCUT2D eigenvalue weighted by Crippen LogP contribution is 2.18. The third-order valence-corrected chi connectivity index (χ3v) is 2.51. The summed E-state index contributed by atoms with van der Waals surface area (Å²) in [6.45, 7) is -0.377. The minimum absolute atomic E-state index is 0.0527. The summed E-state index contributed by atoms with van der Waals surface area (Å²) >= 11 is 5.76. The smallest absolute Gasteiger partial charge is 0.323 e. The molecule has 0 radical (unpaired) electrons. The zero-order valence-electron chi connectivity index (χ0n) is 9.11. The van der Waals surface area contributed by atoms with Crippen LogP contribution in [0.25, 0.3) is 0 Å². The molecule has 0 atom stereocenters. The van der Waals surface area contributed by atoms with E-state index in [0.717, 1.165) is 11.0 Å². The lowest BCUT2D eigenvalue weighted by Gasteiger charge is -2.14. The Balaban J connectivity index is 2.71. The van der Waals surface area contributed by atoms with Gasteiger partial charge in [-0.05, 0) is 17.7 Å². The zero-order valence-corrected chi connectivity index (χ0v) is 9.87. The highest BCUT2D eigenvalue weighted by atomic mass is 35.5. The van der Waals surface area contributed by atoms with Crippen molar-refractivity contribution in [2.24, 2.45) is 0 Å². The summed E-state index contributed by atoms with van der Waals surface area (Å²) in [5.74, 6) is -1.96. The van der Waals surface area contributed by atoms with Crippen LogP contribution in [-0.4, -0.2) is 35.5 Å². The Morgan fingerprint density at radius 3 is 2.65 bits per heavy atom. The van der Waals surface area contributed by atoms with Gasteiger partial charge in [-0.1, -0.05) is 17.7 Å². The number of benzene rings is 1. The van der Waals surface area contributed by atoms with Crippen LogP contribution < -0.4 is 0 Å². The summed E-state index contributed by atoms with van der Waals surface area (Å²) in [5, 5.41) is 8.68. The van der Waals surface area contributed by atoms with E-state index >= 15 is 0 Å². The van der Waals surface area contributed by atoms with E-state index in [2.05, 4.69) is 0 Å². The lowest BCUT2D eigenvalue weighted by molar-refractivity contribution is -0.143. The highest BCUT2D eigenvalue weighted by Gasteiger charge is 2.14. The van der Waals surface area contributed by atoms with E-state index in [-0.39, 0.29) is 23.9 Å². The van der Waals surface area contributed by atoms with Crippen molar-refractivity contribution in [1.29, 1.82) is 0 Å². The maximum absolute atomic E-state index is 12.8. The van der Waals surface area contributed by atoms with E-state index in [1.807, 2.05) is 0 Å². The van der Waals surface area contributed by atoms with Crippen molar-refractivity contribution in [2.75, 3.05) is 13.6 Å². The molecule has 0 aromatic heterocycles. The average molecular weight is 260 g/mol. The Bertz CT molecular complexity index is 450. The van der Waals surface area contributed by atoms with E-state index in [9.17, 15) is 14.0 Å². The standard InChI is InChI=1S/C11H11ClFNO3/c1-14(6-11(16)17)10(15)4-7-2-3-8(13)5-9(7)12/h2-3,5H,4,6H2,1H3,(H,16,17). The Kier molecular flexibility index (Phi) is 4.45. The maximum Gasteiger partial charge on any atom is 0.323 e. The molecule has 0 spiro atoms. The van der Waals surface area contributed by atoms with Gasteiger partial charge in [0.1, 0.15) is 12.4 Å². The van der Waals surface area contributed by atoms with E-state index in [0.29, 0.717) is 5.56 Å². The van der Waals surface area contributed by atoms with Crippen LogP contribution in [0.5, 0.6) is 0 Å². The van der Waals surface area contributed by atoms with E-state index in [4.69, 9.17) is 16.7 Å². The zero-order chi connectivity index (χ0) is 13.0. The van der Waals surface area contributed by atoms with Crippen LogP contribution in [0.2, 0.25) is 5.02 Å². The number of aliphatic carboxylic acids is 1. The van der Waals surface area contributed by atoms with Crippen LogP contribution in [0, 0.1) is 5.82 Å². The van der Waals surface area contributed by atoms with Crippen LogP contribution >= 0.6 is 11.6 Å². The summed E-state index contributed by atoms with van der Waals surface area (Å²) in [6.07, 6.45) is -0.0527. The van der Waals surface area contributed by atoms with Gasteiger partial charge in [-0.25, -0.2) is 4.39 Å². The summed E-state index contributed by atoms with van der Waals surface area (Å²) in [5.41, 5.74) is 0.468. The molecule has 0 aliphatic rings. The fourth-order valence-electron chi connectivity index (χ4n) is 1.25. The summed E-state index contributed by atoms with van der Waals surface area (Å²) in [7, 11) is 1.38. The van der Waals surface area contributed by atoms with Gasteiger partial charge in [0.05, 0.1) is 6.42 Å². The molecule has 92 valence electrons. The number of hydrogen-bond acceptors (Lipinski definition) is 2. The topological polar surface area (TPSA) is 57.6 Å². The minimum Gasteiger partial charge on any atom is -0.480 e. The first-order valence-corrected chi connectivity index (χ1v) is 5.17. The number of likely N-dealkylation sites (N-methyl/N-ethyl adjacent to an activating group) is 1. The molecule has 1 aromatic rings. The second-order valence-corrected chi connectivity index (χ2v) is 3.96. The number of carboxylic acid groups (broad SMARTS) is 1. The molecule has 0 fully saturated rings. The van der Waals surface area contributed by atoms with Crippen LogP contribution in [0.3, 0.4) is 0 Å². The Labute approximate surface area is 103 Å². The van der Waals surface area contributed by atoms with E-state index < -0.39 is 11.8 Å². The van der Waals surface area contributed by atoms with Crippen molar-refractivity contribution in [1.82, 2.24) is 4.90 Å². The van der Waals surface area contributed by atoms with Crippen molar-refractivity contribution >= 4 is 23.5 Å². The molecule has 0 saturated carbocycles. The number of carboxylic acids is 1. The van der Waals surface area contributed by atoms with Crippen molar-refractivity contribution < 1.29 is 19.1 Å². The van der Waals surface area contributed by atoms with Gasteiger partial charge in [0.25, 0.3) is 0 Å². The number of halogens is 2. The third kappa shape index (κ3) is 4.03. The molecule has 0 aliphatic heterocycles. The number of rotatable bonds is 4. The number of carbonyl (C=O) groups excluding carboxylic acids is 1. The Morgan fingerprint density at radius 1 is 1.47 bits per heavy atom. The highest BCUT2D eigenvalue weighted by molar-refractivity contribution is 6.31. The fourth-order valence-corrected chi connectivity index (χ4v) is 1.49. The average Bonchev–Trinajstić information content (AvgIpc) is 2.21. The predicted molar refractivity (Wildman–Crippen MR) is 60.4 cm³/mol. The third-order valence-electron chi connectivity index (χ3n) is 2.15. The largest absolute Gasteiger partial charge is 0.480 e. The molecule has 1 amide bonds. The monoisotopic (exact) mass is 259 g/mol. The Hall–Kier alpha value is -1.62. The van der Waals surface area contributed by atoms with Gasteiger partial charge in [0.15, 0.2) is 0 Å². The second kappa shape index (κ2) is 5.63. The molecular formula is C11H11ClFNO3. The quantitative estimate of drug-likeness (QED) is 0.893. The van der Waals surface area contributed by atoms with Gasteiger partial charge >= 0.3 is 5.97 Å². The van der Waals surface area contributed by atoms with Gasteiger partial charge in [0, 0.05) is 12.1 Å². The normalized spacial score (nSPS) is 10.1. The first-order chi connectivity index (χ1) is 7.90. The summed E-state index contributed by atoms with van der Waals surface area (Å²) in [6, 6.07) is 3.72. The molecule has 0 aliphatic carbocycles. The van der Waals surface area contributed by atoms with Gasteiger partial charge in [0.2, 0.25) is 5.91 Å². The molecule has 0 unspecified atom stereocenters. The molecular weight excluding hydrogens is 249 g/mol. The molecule has 1 aromatic carbocycles. The number of nitrogens with zero attached hydrogens (tertiary/aromatic N) is 1. The second-order valence-electron chi connectivity index (χ2n) is 3.56. The molecule has 17 heavy (non-hydrogen) atoms. The maximum atomic E-state index is 12.8. The molecule has 0 heterocycles. The van der Waals surface area contributed by atoms with Gasteiger partial charge in [-0.3, -0.25) is 9.59 Å². The van der Waals surface area contributed by atoms with Crippen molar-refractivity contribution in [3.8, 4) is 0 Å². The first kappa shape index (κ1) is 13.4. The van der Waals surface area contributed by atoms with Gasteiger partial charge in [-0.15, -0.1) is 0 Å². The molecule has 0 bridgehead atoms. The van der Waals surface area contributed by atoms with Crippen LogP contribution in [0.1, 0.15) is 5.56 Å². The van der Waals surface area contributed by atoms with Crippen LogP contribution in [0.15, 0.2) is 18.2 Å². The summed E-state index contributed by atoms with van der Waals surface area (Å²) < 4.78 is 12.8. The predicted octanol–water partition coefficient (Wildman–Crippen LogP) is 1.56. The van der Waals surface area contributed by atoms with Crippen molar-refractivity contribution in [3.05, 3.63) is 34.6 Å². The number of hydrogen-bond donors (Lipinski definition) is 1. The molecule has 1 N–H and O–H groups in total. The molecule has 4 nitrogen and oxygen atoms in total. The van der Waals surface area contributed by atoms with E-state index in [1.54, 1.807) is 0 Å². The summed E-state index contributed by atoms with van der Waals surface area (Å²) in [4.78, 5) is 23.1. The molecule has 0 saturated heterocycles. The van der Waals surface area contributed by atoms with Crippen LogP contribution in [0.4, 0.5) is 4.39 Å². The fraction of sp³-hybridized carbons (Fsp3) is 0.273. The SMILES string of the molecule is CN(CC(=O)O)C(=O)Cc1ccc(F)cc1Cl. The van der Waals surface area contributed by atoms with E-state index in [1.165, 1.54) is 19.2 Å². The van der Waals surface area contributed by atoms with Crippen LogP contribution in [-0.2, 0) is 16.0 Å². The lowest BCUT2D eigenvalue weighted by Crippen LogP contribution is -2.33. The first-order valence-electron chi connectivity index (χ1n) is 4.80.